The Bertz CT molecular complexity index is 1010. The molecule has 2 aromatic rings. The summed E-state index contributed by atoms with van der Waals surface area (Å²) in [4.78, 5) is 25.7. The zero-order valence-corrected chi connectivity index (χ0v) is 20.1. The molecular formula is C28H31NO2S. The quantitative estimate of drug-likeness (QED) is 0.389. The van der Waals surface area contributed by atoms with Crippen molar-refractivity contribution in [2.45, 2.75) is 33.6 Å². The number of benzene rings is 2. The Hall–Kier alpha value is -3.11. The average Bonchev–Trinajstić information content (AvgIpc) is 3.10. The lowest BCUT2D eigenvalue weighted by atomic mass is 10.1. The minimum Gasteiger partial charge on any atom is -0.314 e. The van der Waals surface area contributed by atoms with Gasteiger partial charge in [0, 0.05) is 39.5 Å². The van der Waals surface area contributed by atoms with Crippen molar-refractivity contribution < 1.29 is 9.59 Å². The maximum absolute atomic E-state index is 11.2. The number of hydrogen-bond donors (Lipinski definition) is 0. The van der Waals surface area contributed by atoms with Gasteiger partial charge in [0.05, 0.1) is 0 Å². The van der Waals surface area contributed by atoms with Crippen LogP contribution in [-0.2, 0) is 4.79 Å². The van der Waals surface area contributed by atoms with E-state index in [0.717, 1.165) is 36.1 Å². The number of anilines is 2. The summed E-state index contributed by atoms with van der Waals surface area (Å²) in [5.41, 5.74) is 5.51. The number of allylic oxidation sites excluding steroid dienone is 6. The van der Waals surface area contributed by atoms with Crippen molar-refractivity contribution in [2.75, 3.05) is 11.2 Å². The van der Waals surface area contributed by atoms with Gasteiger partial charge in [0.15, 0.2) is 0 Å². The van der Waals surface area contributed by atoms with Crippen molar-refractivity contribution in [3.63, 3.8) is 0 Å². The topological polar surface area (TPSA) is 37.4 Å². The highest BCUT2D eigenvalue weighted by Crippen LogP contribution is 2.34. The van der Waals surface area contributed by atoms with Gasteiger partial charge in [0.25, 0.3) is 0 Å². The first-order valence-electron chi connectivity index (χ1n) is 10.9. The second-order valence-electron chi connectivity index (χ2n) is 6.82. The number of carbonyl (C=O) groups excluding carboxylic acids is 2. The van der Waals surface area contributed by atoms with Gasteiger partial charge in [0.2, 0.25) is 0 Å². The molecule has 3 rings (SSSR count). The van der Waals surface area contributed by atoms with Crippen LogP contribution in [0.25, 0.3) is 4.91 Å². The van der Waals surface area contributed by atoms with E-state index in [0.29, 0.717) is 17.6 Å². The van der Waals surface area contributed by atoms with Crippen LogP contribution >= 0.6 is 11.8 Å². The summed E-state index contributed by atoms with van der Waals surface area (Å²) < 4.78 is 0. The minimum atomic E-state index is 0.640. The first-order chi connectivity index (χ1) is 15.7. The highest BCUT2D eigenvalue weighted by molar-refractivity contribution is 8.07. The molecule has 0 heterocycles. The van der Waals surface area contributed by atoms with Gasteiger partial charge in [-0.05, 0) is 66.8 Å². The Morgan fingerprint density at radius 3 is 2.09 bits per heavy atom. The lowest BCUT2D eigenvalue weighted by Crippen LogP contribution is -2.16. The molecule has 166 valence electrons. The molecule has 0 atom stereocenters. The Balaban J connectivity index is 0.00000176. The molecule has 0 saturated carbocycles. The Labute approximate surface area is 196 Å². The van der Waals surface area contributed by atoms with E-state index in [9.17, 15) is 9.59 Å². The summed E-state index contributed by atoms with van der Waals surface area (Å²) in [5, 5.41) is 0. The van der Waals surface area contributed by atoms with Crippen LogP contribution in [0, 0.1) is 0 Å². The number of aldehydes is 2. The molecule has 0 amide bonds. The van der Waals surface area contributed by atoms with Gasteiger partial charge in [-0.25, -0.2) is 0 Å². The van der Waals surface area contributed by atoms with Crippen LogP contribution in [0.5, 0.6) is 0 Å². The third kappa shape index (κ3) is 6.44. The number of nitrogens with zero attached hydrogens (tertiary/aromatic N) is 1. The van der Waals surface area contributed by atoms with Gasteiger partial charge in [0.1, 0.15) is 12.6 Å². The second kappa shape index (κ2) is 13.3. The molecule has 0 bridgehead atoms. The van der Waals surface area contributed by atoms with E-state index >= 15 is 0 Å². The molecule has 2 aromatic carbocycles. The SMILES string of the molecule is CC.CC/C=C(\SC)c1ccc(N(C2=CC=C(C=O)C=CC2)c2ccc(C=O)cc2)cc1. The normalized spacial score (nSPS) is 13.2. The molecular weight excluding hydrogens is 414 g/mol. The van der Waals surface area contributed by atoms with E-state index in [1.54, 1.807) is 11.8 Å². The molecule has 0 aliphatic heterocycles. The highest BCUT2D eigenvalue weighted by atomic mass is 32.2. The van der Waals surface area contributed by atoms with Crippen LogP contribution in [0.2, 0.25) is 0 Å². The zero-order valence-electron chi connectivity index (χ0n) is 19.2. The smallest absolute Gasteiger partial charge is 0.150 e. The predicted octanol–water partition coefficient (Wildman–Crippen LogP) is 7.75. The van der Waals surface area contributed by atoms with Crippen molar-refractivity contribution in [1.29, 1.82) is 0 Å². The van der Waals surface area contributed by atoms with Gasteiger partial charge in [-0.15, -0.1) is 11.8 Å². The molecule has 0 fully saturated rings. The Kier molecular flexibility index (Phi) is 10.5. The van der Waals surface area contributed by atoms with Crippen molar-refractivity contribution in [1.82, 2.24) is 0 Å². The summed E-state index contributed by atoms with van der Waals surface area (Å²) in [6.07, 6.45) is 15.4. The standard InChI is InChI=1S/C26H25NO2S.C2H6/c1-3-5-26(30-2)22-11-16-25(17-12-22)27(24-14-9-21(19-29)10-15-24)23-7-4-6-20(18-28)8-13-23;1-2/h4-6,8-19H,3,7H2,1-2H3;1-2H3/b26-5-;. The van der Waals surface area contributed by atoms with Crippen LogP contribution < -0.4 is 4.90 Å². The van der Waals surface area contributed by atoms with Crippen LogP contribution in [0.15, 0.2) is 90.2 Å². The lowest BCUT2D eigenvalue weighted by Gasteiger charge is -2.27. The van der Waals surface area contributed by atoms with Crippen LogP contribution in [-0.4, -0.2) is 18.8 Å². The molecule has 1 aliphatic carbocycles. The first kappa shape index (κ1) is 25.2. The van der Waals surface area contributed by atoms with Crippen LogP contribution in [0.3, 0.4) is 0 Å². The van der Waals surface area contributed by atoms with Gasteiger partial charge in [-0.3, -0.25) is 9.59 Å². The monoisotopic (exact) mass is 445 g/mol. The van der Waals surface area contributed by atoms with Gasteiger partial charge in [-0.1, -0.05) is 51.1 Å². The minimum absolute atomic E-state index is 0.640. The molecule has 0 saturated heterocycles. The summed E-state index contributed by atoms with van der Waals surface area (Å²) in [5.74, 6) is 0. The average molecular weight is 446 g/mol. The van der Waals surface area contributed by atoms with Crippen molar-refractivity contribution in [2.24, 2.45) is 0 Å². The summed E-state index contributed by atoms with van der Waals surface area (Å²) in [7, 11) is 0. The molecule has 1 aliphatic rings. The lowest BCUT2D eigenvalue weighted by molar-refractivity contribution is -0.104. The third-order valence-electron chi connectivity index (χ3n) is 4.84. The van der Waals surface area contributed by atoms with Crippen molar-refractivity contribution >= 4 is 40.6 Å². The zero-order chi connectivity index (χ0) is 23.3. The molecule has 0 unspecified atom stereocenters. The van der Waals surface area contributed by atoms with E-state index < -0.39 is 0 Å². The van der Waals surface area contributed by atoms with Gasteiger partial charge < -0.3 is 4.90 Å². The van der Waals surface area contributed by atoms with E-state index in [1.165, 1.54) is 10.5 Å². The Morgan fingerprint density at radius 2 is 1.56 bits per heavy atom. The van der Waals surface area contributed by atoms with E-state index in [1.807, 2.05) is 62.4 Å². The van der Waals surface area contributed by atoms with Crippen molar-refractivity contribution in [3.05, 3.63) is 101 Å². The second-order valence-corrected chi connectivity index (χ2v) is 7.67. The molecule has 4 heteroatoms. The van der Waals surface area contributed by atoms with E-state index in [2.05, 4.69) is 48.4 Å². The van der Waals surface area contributed by atoms with E-state index in [4.69, 9.17) is 0 Å². The number of hydrogen-bond acceptors (Lipinski definition) is 4. The molecule has 32 heavy (non-hydrogen) atoms. The maximum atomic E-state index is 11.2. The molecule has 0 spiro atoms. The third-order valence-corrected chi connectivity index (χ3v) is 5.68. The molecule has 0 N–H and O–H groups in total. The van der Waals surface area contributed by atoms with Gasteiger partial charge >= 0.3 is 0 Å². The van der Waals surface area contributed by atoms with Crippen molar-refractivity contribution in [3.8, 4) is 0 Å². The largest absolute Gasteiger partial charge is 0.314 e. The molecule has 0 radical (unpaired) electrons. The number of thioether (sulfide) groups is 1. The Morgan fingerprint density at radius 1 is 0.938 bits per heavy atom. The summed E-state index contributed by atoms with van der Waals surface area (Å²) in [6, 6.07) is 16.0. The number of rotatable bonds is 8. The maximum Gasteiger partial charge on any atom is 0.150 e. The predicted molar refractivity (Wildman–Crippen MR) is 140 cm³/mol. The van der Waals surface area contributed by atoms with Gasteiger partial charge in [-0.2, -0.15) is 0 Å². The van der Waals surface area contributed by atoms with E-state index in [-0.39, 0.29) is 0 Å². The van der Waals surface area contributed by atoms with Crippen LogP contribution in [0.4, 0.5) is 11.4 Å². The van der Waals surface area contributed by atoms with Crippen LogP contribution in [0.1, 0.15) is 49.5 Å². The molecule has 3 nitrogen and oxygen atoms in total. The summed E-state index contributed by atoms with van der Waals surface area (Å²) in [6.45, 7) is 6.14. The fourth-order valence-corrected chi connectivity index (χ4v) is 4.04. The number of carbonyl (C=O) groups is 2. The molecule has 0 aromatic heterocycles. The fraction of sp³-hybridized carbons (Fsp3) is 0.214. The first-order valence-corrected chi connectivity index (χ1v) is 12.1. The summed E-state index contributed by atoms with van der Waals surface area (Å²) >= 11 is 1.75. The fourth-order valence-electron chi connectivity index (χ4n) is 3.34. The highest BCUT2D eigenvalue weighted by Gasteiger charge is 2.15.